The third kappa shape index (κ3) is 7.35. The fraction of sp³-hybridized carbons (Fsp3) is 0.350. The van der Waals surface area contributed by atoms with Crippen molar-refractivity contribution in [3.05, 3.63) is 54.4 Å². The number of hydrogen-bond donors (Lipinski definition) is 3. The van der Waals surface area contributed by atoms with Gasteiger partial charge in [-0.15, -0.1) is 0 Å². The van der Waals surface area contributed by atoms with Gasteiger partial charge in [0, 0.05) is 35.2 Å². The lowest BCUT2D eigenvalue weighted by Crippen LogP contribution is -2.51. The van der Waals surface area contributed by atoms with Crippen LogP contribution in [0.4, 0.5) is 10.5 Å². The second-order valence-electron chi connectivity index (χ2n) is 7.24. The van der Waals surface area contributed by atoms with E-state index in [0.29, 0.717) is 12.4 Å². The van der Waals surface area contributed by atoms with E-state index in [1.807, 2.05) is 51.1 Å². The zero-order valence-electron chi connectivity index (χ0n) is 16.1. The number of aromatic nitrogens is 1. The van der Waals surface area contributed by atoms with Crippen LogP contribution in [0, 0.1) is 0 Å². The highest BCUT2D eigenvalue weighted by atomic mass is 16.5. The molecule has 0 radical (unpaired) electrons. The number of benzene rings is 1. The van der Waals surface area contributed by atoms with Crippen molar-refractivity contribution >= 4 is 17.6 Å². The van der Waals surface area contributed by atoms with Gasteiger partial charge in [-0.2, -0.15) is 0 Å². The summed E-state index contributed by atoms with van der Waals surface area (Å²) < 4.78 is 5.75. The molecule has 0 saturated heterocycles. The van der Waals surface area contributed by atoms with Gasteiger partial charge in [-0.3, -0.25) is 15.1 Å². The number of nitrogens with one attached hydrogen (secondary N) is 3. The van der Waals surface area contributed by atoms with Crippen molar-refractivity contribution in [2.24, 2.45) is 0 Å². The molecule has 0 saturated carbocycles. The first-order valence-electron chi connectivity index (χ1n) is 8.74. The van der Waals surface area contributed by atoms with Gasteiger partial charge in [-0.1, -0.05) is 12.1 Å². The van der Waals surface area contributed by atoms with E-state index in [9.17, 15) is 9.59 Å². The maximum atomic E-state index is 12.2. The Morgan fingerprint density at radius 1 is 1.19 bits per heavy atom. The SMILES string of the molecule is CC(Nc1cccc(OCc2cccnc2)c1)C(=O)NC(=O)NC(C)(C)C. The van der Waals surface area contributed by atoms with Crippen LogP contribution < -0.4 is 20.7 Å². The van der Waals surface area contributed by atoms with Gasteiger partial charge in [0.15, 0.2) is 0 Å². The average molecular weight is 370 g/mol. The number of anilines is 1. The number of carbonyl (C=O) groups excluding carboxylic acids is 2. The van der Waals surface area contributed by atoms with Crippen molar-refractivity contribution in [2.45, 2.75) is 45.9 Å². The molecule has 7 nitrogen and oxygen atoms in total. The van der Waals surface area contributed by atoms with Crippen LogP contribution in [0.15, 0.2) is 48.8 Å². The molecule has 27 heavy (non-hydrogen) atoms. The number of rotatable bonds is 6. The quantitative estimate of drug-likeness (QED) is 0.727. The fourth-order valence-electron chi connectivity index (χ4n) is 2.23. The number of urea groups is 1. The first-order chi connectivity index (χ1) is 12.7. The molecule has 1 heterocycles. The van der Waals surface area contributed by atoms with Crippen LogP contribution in [0.1, 0.15) is 33.3 Å². The molecule has 7 heteroatoms. The fourth-order valence-corrected chi connectivity index (χ4v) is 2.23. The lowest BCUT2D eigenvalue weighted by molar-refractivity contribution is -0.120. The Bertz CT molecular complexity index is 772. The third-order valence-electron chi connectivity index (χ3n) is 3.46. The van der Waals surface area contributed by atoms with Crippen LogP contribution in [-0.2, 0) is 11.4 Å². The van der Waals surface area contributed by atoms with Crippen LogP contribution in [-0.4, -0.2) is 28.5 Å². The summed E-state index contributed by atoms with van der Waals surface area (Å²) >= 11 is 0. The molecule has 1 unspecified atom stereocenters. The van der Waals surface area contributed by atoms with Crippen molar-refractivity contribution in [2.75, 3.05) is 5.32 Å². The number of imide groups is 1. The van der Waals surface area contributed by atoms with Crippen LogP contribution in [0.2, 0.25) is 0 Å². The Morgan fingerprint density at radius 2 is 1.96 bits per heavy atom. The summed E-state index contributed by atoms with van der Waals surface area (Å²) in [5.41, 5.74) is 1.27. The highest BCUT2D eigenvalue weighted by Gasteiger charge is 2.19. The van der Waals surface area contributed by atoms with E-state index in [4.69, 9.17) is 4.74 Å². The number of nitrogens with zero attached hydrogens (tertiary/aromatic N) is 1. The molecule has 1 aromatic carbocycles. The molecule has 0 fully saturated rings. The molecule has 1 atom stereocenters. The molecule has 0 aliphatic carbocycles. The molecule has 144 valence electrons. The molecule has 0 bridgehead atoms. The first kappa shape index (κ1) is 20.2. The van der Waals surface area contributed by atoms with Gasteiger partial charge in [0.05, 0.1) is 0 Å². The minimum Gasteiger partial charge on any atom is -0.489 e. The van der Waals surface area contributed by atoms with Crippen LogP contribution in [0.25, 0.3) is 0 Å². The van der Waals surface area contributed by atoms with Crippen LogP contribution in [0.3, 0.4) is 0 Å². The van der Waals surface area contributed by atoms with E-state index in [0.717, 1.165) is 11.3 Å². The number of ether oxygens (including phenoxy) is 1. The molecular formula is C20H26N4O3. The summed E-state index contributed by atoms with van der Waals surface area (Å²) in [4.78, 5) is 28.0. The highest BCUT2D eigenvalue weighted by Crippen LogP contribution is 2.19. The van der Waals surface area contributed by atoms with Gasteiger partial charge in [-0.25, -0.2) is 4.79 Å². The maximum Gasteiger partial charge on any atom is 0.321 e. The topological polar surface area (TPSA) is 92.3 Å². The monoisotopic (exact) mass is 370 g/mol. The Hall–Kier alpha value is -3.09. The standard InChI is InChI=1S/C20H26N4O3/c1-14(18(25)23-19(26)24-20(2,3)4)22-16-8-5-9-17(11-16)27-13-15-7-6-10-21-12-15/h5-12,14,22H,13H2,1-4H3,(H2,23,24,25,26). The lowest BCUT2D eigenvalue weighted by Gasteiger charge is -2.21. The van der Waals surface area contributed by atoms with Crippen molar-refractivity contribution in [1.82, 2.24) is 15.6 Å². The molecule has 3 N–H and O–H groups in total. The molecule has 2 rings (SSSR count). The summed E-state index contributed by atoms with van der Waals surface area (Å²) in [6.45, 7) is 7.62. The third-order valence-corrected chi connectivity index (χ3v) is 3.46. The largest absolute Gasteiger partial charge is 0.489 e. The predicted molar refractivity (Wildman–Crippen MR) is 105 cm³/mol. The Balaban J connectivity index is 1.88. The second-order valence-corrected chi connectivity index (χ2v) is 7.24. The minimum absolute atomic E-state index is 0.403. The summed E-state index contributed by atoms with van der Waals surface area (Å²) in [6, 6.07) is 9.97. The zero-order chi connectivity index (χ0) is 19.9. The highest BCUT2D eigenvalue weighted by molar-refractivity contribution is 5.98. The van der Waals surface area contributed by atoms with E-state index in [2.05, 4.69) is 20.9 Å². The molecule has 0 aliphatic heterocycles. The molecule has 2 aromatic rings. The summed E-state index contributed by atoms with van der Waals surface area (Å²) in [5, 5.41) is 8.08. The Morgan fingerprint density at radius 3 is 2.63 bits per heavy atom. The molecule has 0 spiro atoms. The smallest absolute Gasteiger partial charge is 0.321 e. The molecule has 1 aromatic heterocycles. The van der Waals surface area contributed by atoms with Crippen molar-refractivity contribution in [3.63, 3.8) is 0 Å². The Kier molecular flexibility index (Phi) is 6.76. The first-order valence-corrected chi connectivity index (χ1v) is 8.74. The molecule has 0 aliphatic rings. The Labute approximate surface area is 159 Å². The van der Waals surface area contributed by atoms with E-state index in [1.54, 1.807) is 25.4 Å². The van der Waals surface area contributed by atoms with Crippen molar-refractivity contribution in [1.29, 1.82) is 0 Å². The van der Waals surface area contributed by atoms with Crippen molar-refractivity contribution < 1.29 is 14.3 Å². The van der Waals surface area contributed by atoms with E-state index in [-0.39, 0.29) is 0 Å². The number of amides is 3. The second kappa shape index (κ2) is 9.02. The lowest BCUT2D eigenvalue weighted by atomic mass is 10.1. The average Bonchev–Trinajstić information content (AvgIpc) is 2.59. The maximum absolute atomic E-state index is 12.2. The number of carbonyl (C=O) groups is 2. The van der Waals surface area contributed by atoms with Gasteiger partial charge >= 0.3 is 6.03 Å². The van der Waals surface area contributed by atoms with Gasteiger partial charge in [0.2, 0.25) is 5.91 Å². The van der Waals surface area contributed by atoms with Gasteiger partial charge in [0.1, 0.15) is 18.4 Å². The number of hydrogen-bond acceptors (Lipinski definition) is 5. The summed E-state index contributed by atoms with van der Waals surface area (Å²) in [5.74, 6) is 0.250. The van der Waals surface area contributed by atoms with Gasteiger partial charge < -0.3 is 15.4 Å². The van der Waals surface area contributed by atoms with Crippen LogP contribution in [0.5, 0.6) is 5.75 Å². The number of pyridine rings is 1. The van der Waals surface area contributed by atoms with E-state index in [1.165, 1.54) is 0 Å². The van der Waals surface area contributed by atoms with Gasteiger partial charge in [0.25, 0.3) is 0 Å². The van der Waals surface area contributed by atoms with Gasteiger partial charge in [-0.05, 0) is 45.9 Å². The predicted octanol–water partition coefficient (Wildman–Crippen LogP) is 3.09. The van der Waals surface area contributed by atoms with E-state index < -0.39 is 23.5 Å². The molecule has 3 amide bonds. The van der Waals surface area contributed by atoms with E-state index >= 15 is 0 Å². The summed E-state index contributed by atoms with van der Waals surface area (Å²) in [6.07, 6.45) is 3.46. The summed E-state index contributed by atoms with van der Waals surface area (Å²) in [7, 11) is 0. The van der Waals surface area contributed by atoms with Crippen molar-refractivity contribution in [3.8, 4) is 5.75 Å². The molecular weight excluding hydrogens is 344 g/mol. The normalized spacial score (nSPS) is 12.0. The van der Waals surface area contributed by atoms with Crippen LogP contribution >= 0.6 is 0 Å². The minimum atomic E-state index is -0.593. The zero-order valence-corrected chi connectivity index (χ0v) is 16.1.